The number of carbonyl (C=O) groups is 1. The molecular weight excluding hydrogens is 497 g/mol. The van der Waals surface area contributed by atoms with Gasteiger partial charge in [-0.25, -0.2) is 4.79 Å². The number of nitrogens with one attached hydrogen (secondary N) is 1. The Bertz CT molecular complexity index is 1330. The number of hydrogen-bond acceptors (Lipinski definition) is 5. The quantitative estimate of drug-likeness (QED) is 0.371. The number of alkyl halides is 3. The van der Waals surface area contributed by atoms with Crippen LogP contribution in [0.25, 0.3) is 0 Å². The second kappa shape index (κ2) is 10.9. The Morgan fingerprint density at radius 1 is 0.972 bits per heavy atom. The van der Waals surface area contributed by atoms with Crippen LogP contribution in [0.3, 0.4) is 0 Å². The van der Waals surface area contributed by atoms with Gasteiger partial charge in [0.05, 0.1) is 12.7 Å². The average Bonchev–Trinajstić information content (AvgIpc) is 2.82. The van der Waals surface area contributed by atoms with Crippen molar-refractivity contribution in [3.8, 4) is 11.5 Å². The maximum atomic E-state index is 13.0. The zero-order chi connectivity index (χ0) is 26.5. The molecule has 0 aliphatic rings. The van der Waals surface area contributed by atoms with Gasteiger partial charge in [0.25, 0.3) is 0 Å². The predicted octanol–water partition coefficient (Wildman–Crippen LogP) is 5.92. The second-order valence-electron chi connectivity index (χ2n) is 8.09. The molecule has 0 atom stereocenters. The fraction of sp³-hybridized carbons (Fsp3) is 0.240. The Morgan fingerprint density at radius 3 is 2.31 bits per heavy atom. The molecule has 11 heteroatoms. The molecule has 2 amide bonds. The van der Waals surface area contributed by atoms with Crippen LogP contribution in [0.5, 0.6) is 11.5 Å². The molecule has 0 unspecified atom stereocenters. The van der Waals surface area contributed by atoms with Crippen LogP contribution in [0.4, 0.5) is 23.7 Å². The van der Waals surface area contributed by atoms with Crippen molar-refractivity contribution in [2.45, 2.75) is 37.5 Å². The normalized spacial score (nSPS) is 11.8. The highest BCUT2D eigenvalue weighted by Crippen LogP contribution is 2.31. The van der Waals surface area contributed by atoms with Gasteiger partial charge in [-0.1, -0.05) is 24.3 Å². The molecule has 3 aromatic carbocycles. The number of urea groups is 1. The predicted molar refractivity (Wildman–Crippen MR) is 128 cm³/mol. The molecule has 36 heavy (non-hydrogen) atoms. The summed E-state index contributed by atoms with van der Waals surface area (Å²) in [5, 5.41) is 2.80. The van der Waals surface area contributed by atoms with E-state index in [9.17, 15) is 26.4 Å². The third kappa shape index (κ3) is 6.91. The Morgan fingerprint density at radius 2 is 1.64 bits per heavy atom. The molecule has 0 saturated carbocycles. The first-order valence-corrected chi connectivity index (χ1v) is 12.2. The van der Waals surface area contributed by atoms with E-state index in [0.29, 0.717) is 23.1 Å². The number of rotatable bonds is 8. The van der Waals surface area contributed by atoms with E-state index in [0.717, 1.165) is 18.2 Å². The standard InChI is InChI=1S/C25H25F3N2O5S/c1-17(2)30(24(31)29-20-9-6-10-21(15-20)34-3)16-18-7-4-11-22(13-18)35-36(32,33)23-12-5-8-19(14-23)25(26,27)28/h4-15,17H,16H2,1-3H3,(H,29,31). The number of carbonyl (C=O) groups excluding carboxylic acids is 1. The number of ether oxygens (including phenoxy) is 1. The lowest BCUT2D eigenvalue weighted by Crippen LogP contribution is -2.39. The summed E-state index contributed by atoms with van der Waals surface area (Å²) >= 11 is 0. The van der Waals surface area contributed by atoms with Gasteiger partial charge >= 0.3 is 22.3 Å². The molecule has 3 aromatic rings. The molecular formula is C25H25F3N2O5S. The van der Waals surface area contributed by atoms with E-state index in [1.54, 1.807) is 30.3 Å². The minimum absolute atomic E-state index is 0.0955. The lowest BCUT2D eigenvalue weighted by molar-refractivity contribution is -0.137. The maximum absolute atomic E-state index is 13.0. The van der Waals surface area contributed by atoms with Crippen LogP contribution in [0, 0.1) is 0 Å². The molecule has 7 nitrogen and oxygen atoms in total. The molecule has 0 aliphatic heterocycles. The Labute approximate surface area is 207 Å². The van der Waals surface area contributed by atoms with Crippen LogP contribution in [0.15, 0.2) is 77.7 Å². The molecule has 192 valence electrons. The molecule has 0 fully saturated rings. The minimum Gasteiger partial charge on any atom is -0.497 e. The molecule has 0 aliphatic carbocycles. The lowest BCUT2D eigenvalue weighted by atomic mass is 10.2. The average molecular weight is 523 g/mol. The number of nitrogens with zero attached hydrogens (tertiary/aromatic N) is 1. The van der Waals surface area contributed by atoms with Gasteiger partial charge in [0.15, 0.2) is 0 Å². The summed E-state index contributed by atoms with van der Waals surface area (Å²) in [7, 11) is -3.01. The largest absolute Gasteiger partial charge is 0.497 e. The number of benzene rings is 3. The highest BCUT2D eigenvalue weighted by Gasteiger charge is 2.32. The zero-order valence-electron chi connectivity index (χ0n) is 19.7. The summed E-state index contributed by atoms with van der Waals surface area (Å²) in [6, 6.07) is 15.6. The Balaban J connectivity index is 1.77. The fourth-order valence-corrected chi connectivity index (χ4v) is 4.25. The fourth-order valence-electron chi connectivity index (χ4n) is 3.28. The Hall–Kier alpha value is -3.73. The zero-order valence-corrected chi connectivity index (χ0v) is 20.6. The molecule has 0 bridgehead atoms. The molecule has 1 N–H and O–H groups in total. The highest BCUT2D eigenvalue weighted by atomic mass is 32.2. The van der Waals surface area contributed by atoms with Gasteiger partial charge in [0.1, 0.15) is 16.4 Å². The summed E-state index contributed by atoms with van der Waals surface area (Å²) in [4.78, 5) is 13.8. The molecule has 0 radical (unpaired) electrons. The summed E-state index contributed by atoms with van der Waals surface area (Å²) in [5.41, 5.74) is -0.00829. The minimum atomic E-state index is -4.70. The molecule has 0 spiro atoms. The van der Waals surface area contributed by atoms with Crippen molar-refractivity contribution in [2.75, 3.05) is 12.4 Å². The van der Waals surface area contributed by atoms with E-state index in [1.807, 2.05) is 13.8 Å². The van der Waals surface area contributed by atoms with E-state index >= 15 is 0 Å². The van der Waals surface area contributed by atoms with E-state index < -0.39 is 26.8 Å². The SMILES string of the molecule is COc1cccc(NC(=O)N(Cc2cccc(OS(=O)(=O)c3cccc(C(F)(F)F)c3)c2)C(C)C)c1. The highest BCUT2D eigenvalue weighted by molar-refractivity contribution is 7.87. The van der Waals surface area contributed by atoms with Crippen LogP contribution in [0.1, 0.15) is 25.0 Å². The van der Waals surface area contributed by atoms with Crippen LogP contribution in [-0.2, 0) is 22.8 Å². The van der Waals surface area contributed by atoms with Gasteiger partial charge in [-0.15, -0.1) is 0 Å². The van der Waals surface area contributed by atoms with Gasteiger partial charge in [0, 0.05) is 24.3 Å². The second-order valence-corrected chi connectivity index (χ2v) is 9.64. The van der Waals surface area contributed by atoms with E-state index in [2.05, 4.69) is 5.32 Å². The topological polar surface area (TPSA) is 84.9 Å². The van der Waals surface area contributed by atoms with Crippen molar-refractivity contribution in [3.05, 3.63) is 83.9 Å². The third-order valence-corrected chi connectivity index (χ3v) is 6.36. The number of methoxy groups -OCH3 is 1. The number of hydrogen-bond donors (Lipinski definition) is 1. The van der Waals surface area contributed by atoms with Gasteiger partial charge in [-0.3, -0.25) is 0 Å². The van der Waals surface area contributed by atoms with Crippen LogP contribution in [0.2, 0.25) is 0 Å². The van der Waals surface area contributed by atoms with Crippen molar-refractivity contribution in [1.82, 2.24) is 4.90 Å². The maximum Gasteiger partial charge on any atom is 0.416 e. The van der Waals surface area contributed by atoms with Crippen molar-refractivity contribution in [1.29, 1.82) is 0 Å². The Kier molecular flexibility index (Phi) is 8.13. The first-order valence-electron chi connectivity index (χ1n) is 10.8. The number of halogens is 3. The first-order chi connectivity index (χ1) is 16.9. The monoisotopic (exact) mass is 522 g/mol. The van der Waals surface area contributed by atoms with E-state index in [1.165, 1.54) is 30.2 Å². The van der Waals surface area contributed by atoms with Crippen molar-refractivity contribution < 1.29 is 35.3 Å². The summed E-state index contributed by atoms with van der Waals surface area (Å²) in [5.74, 6) is 0.484. The van der Waals surface area contributed by atoms with Gasteiger partial charge in [-0.05, 0) is 61.9 Å². The number of anilines is 1. The third-order valence-electron chi connectivity index (χ3n) is 5.11. The lowest BCUT2D eigenvalue weighted by Gasteiger charge is -2.27. The molecule has 0 saturated heterocycles. The summed E-state index contributed by atoms with van der Waals surface area (Å²) in [6.07, 6.45) is -4.70. The van der Waals surface area contributed by atoms with Crippen LogP contribution >= 0.6 is 0 Å². The van der Waals surface area contributed by atoms with Crippen LogP contribution in [-0.4, -0.2) is 32.5 Å². The molecule has 0 aromatic heterocycles. The number of amides is 2. The van der Waals surface area contributed by atoms with Crippen molar-refractivity contribution in [2.24, 2.45) is 0 Å². The summed E-state index contributed by atoms with van der Waals surface area (Å²) in [6.45, 7) is 3.77. The molecule has 0 heterocycles. The first kappa shape index (κ1) is 26.9. The van der Waals surface area contributed by atoms with E-state index in [4.69, 9.17) is 8.92 Å². The van der Waals surface area contributed by atoms with Gasteiger partial charge in [0.2, 0.25) is 0 Å². The van der Waals surface area contributed by atoms with Crippen LogP contribution < -0.4 is 14.2 Å². The summed E-state index contributed by atoms with van der Waals surface area (Å²) < 4.78 is 74.4. The molecule has 3 rings (SSSR count). The van der Waals surface area contributed by atoms with Crippen molar-refractivity contribution in [3.63, 3.8) is 0 Å². The van der Waals surface area contributed by atoms with E-state index in [-0.39, 0.29) is 24.4 Å². The van der Waals surface area contributed by atoms with Gasteiger partial charge in [-0.2, -0.15) is 21.6 Å². The smallest absolute Gasteiger partial charge is 0.416 e. The van der Waals surface area contributed by atoms with Gasteiger partial charge < -0.3 is 19.1 Å². The van der Waals surface area contributed by atoms with Crippen molar-refractivity contribution >= 4 is 21.8 Å².